The minimum atomic E-state index is -0.0674. The van der Waals surface area contributed by atoms with E-state index < -0.39 is 0 Å². The van der Waals surface area contributed by atoms with Crippen LogP contribution in [0.2, 0.25) is 5.02 Å². The highest BCUT2D eigenvalue weighted by molar-refractivity contribution is 7.15. The summed E-state index contributed by atoms with van der Waals surface area (Å²) in [5.74, 6) is 0.748. The molecular formula is C24H25ClN2O2S. The topological polar surface area (TPSA) is 43.6 Å². The van der Waals surface area contributed by atoms with Gasteiger partial charge in [0, 0.05) is 10.6 Å². The first-order valence-electron chi connectivity index (χ1n) is 10.4. The predicted molar refractivity (Wildman–Crippen MR) is 126 cm³/mol. The Kier molecular flexibility index (Phi) is 6.40. The lowest BCUT2D eigenvalue weighted by atomic mass is 10.1. The van der Waals surface area contributed by atoms with Crippen LogP contribution in [-0.2, 0) is 0 Å². The molecule has 1 atom stereocenters. The number of unbranched alkanes of at least 4 members (excludes halogenated alkanes) is 3. The summed E-state index contributed by atoms with van der Waals surface area (Å²) in [4.78, 5) is 18.3. The van der Waals surface area contributed by atoms with Crippen molar-refractivity contribution in [3.63, 3.8) is 0 Å². The maximum atomic E-state index is 13.1. The first-order valence-corrected chi connectivity index (χ1v) is 11.6. The highest BCUT2D eigenvalue weighted by Gasteiger charge is 2.12. The molecule has 0 saturated carbocycles. The van der Waals surface area contributed by atoms with Crippen molar-refractivity contribution >= 4 is 45.0 Å². The molecule has 0 N–H and O–H groups in total. The number of hydrogen-bond acceptors (Lipinski definition) is 4. The molecule has 2 heterocycles. The Balaban J connectivity index is 1.67. The van der Waals surface area contributed by atoms with Gasteiger partial charge in [-0.3, -0.25) is 4.79 Å². The summed E-state index contributed by atoms with van der Waals surface area (Å²) in [7, 11) is 0. The molecule has 0 saturated heterocycles. The van der Waals surface area contributed by atoms with E-state index in [1.54, 1.807) is 4.40 Å². The lowest BCUT2D eigenvalue weighted by molar-refractivity contribution is 0.206. The lowest BCUT2D eigenvalue weighted by Crippen LogP contribution is -2.23. The number of ether oxygens (including phenoxy) is 1. The van der Waals surface area contributed by atoms with Crippen LogP contribution >= 0.6 is 22.9 Å². The van der Waals surface area contributed by atoms with Gasteiger partial charge in [-0.05, 0) is 56.2 Å². The third-order valence-corrected chi connectivity index (χ3v) is 6.40. The van der Waals surface area contributed by atoms with Gasteiger partial charge in [-0.2, -0.15) is 0 Å². The minimum Gasteiger partial charge on any atom is -0.490 e. The molecule has 6 heteroatoms. The van der Waals surface area contributed by atoms with Crippen LogP contribution in [0.15, 0.2) is 47.3 Å². The van der Waals surface area contributed by atoms with Crippen LogP contribution in [0.4, 0.5) is 0 Å². The maximum Gasteiger partial charge on any atom is 0.274 e. The Bertz CT molecular complexity index is 1280. The first-order chi connectivity index (χ1) is 14.6. The van der Waals surface area contributed by atoms with Gasteiger partial charge in [-0.25, -0.2) is 9.38 Å². The van der Waals surface area contributed by atoms with E-state index >= 15 is 0 Å². The van der Waals surface area contributed by atoms with E-state index in [2.05, 4.69) is 18.8 Å². The summed E-state index contributed by atoms with van der Waals surface area (Å²) in [5, 5.41) is 0.614. The fraction of sp³-hybridized carbons (Fsp3) is 0.333. The zero-order chi connectivity index (χ0) is 21.1. The number of nitrogens with zero attached hydrogens (tertiary/aromatic N) is 2. The van der Waals surface area contributed by atoms with Crippen LogP contribution in [0.3, 0.4) is 0 Å². The summed E-state index contributed by atoms with van der Waals surface area (Å²) in [5.41, 5.74) is 2.41. The number of imidazole rings is 1. The number of benzene rings is 2. The van der Waals surface area contributed by atoms with Gasteiger partial charge in [0.2, 0.25) is 0 Å². The zero-order valence-corrected chi connectivity index (χ0v) is 18.8. The average molecular weight is 441 g/mol. The van der Waals surface area contributed by atoms with Gasteiger partial charge in [0.1, 0.15) is 5.75 Å². The summed E-state index contributed by atoms with van der Waals surface area (Å²) >= 11 is 7.63. The molecule has 2 aromatic heterocycles. The molecule has 0 bridgehead atoms. The molecule has 0 aliphatic rings. The molecule has 0 aliphatic carbocycles. The van der Waals surface area contributed by atoms with E-state index in [0.29, 0.717) is 14.5 Å². The smallest absolute Gasteiger partial charge is 0.274 e. The molecule has 4 rings (SSSR count). The van der Waals surface area contributed by atoms with Crippen LogP contribution in [0.25, 0.3) is 22.1 Å². The van der Waals surface area contributed by atoms with Crippen LogP contribution in [-0.4, -0.2) is 15.5 Å². The van der Waals surface area contributed by atoms with Crippen molar-refractivity contribution in [2.24, 2.45) is 0 Å². The monoisotopic (exact) mass is 440 g/mol. The van der Waals surface area contributed by atoms with E-state index in [0.717, 1.165) is 35.2 Å². The van der Waals surface area contributed by atoms with Crippen molar-refractivity contribution in [2.75, 3.05) is 0 Å². The summed E-state index contributed by atoms with van der Waals surface area (Å²) < 4.78 is 8.50. The van der Waals surface area contributed by atoms with Gasteiger partial charge >= 0.3 is 0 Å². The van der Waals surface area contributed by atoms with Gasteiger partial charge in [-0.1, -0.05) is 61.3 Å². The second-order valence-electron chi connectivity index (χ2n) is 7.59. The van der Waals surface area contributed by atoms with Crippen molar-refractivity contribution in [3.8, 4) is 5.75 Å². The second kappa shape index (κ2) is 9.19. The number of para-hydroxylation sites is 2. The highest BCUT2D eigenvalue weighted by Crippen LogP contribution is 2.26. The third kappa shape index (κ3) is 4.37. The molecule has 0 amide bonds. The SMILES string of the molecule is CCCCCC[C@@H](C)Oc1ccc(Cl)cc1/C=c1\sc2nc3ccccc3n2c1=O. The normalized spacial score (nSPS) is 13.4. The molecule has 2 aromatic carbocycles. The third-order valence-electron chi connectivity index (χ3n) is 5.20. The Morgan fingerprint density at radius 3 is 2.87 bits per heavy atom. The molecule has 0 fully saturated rings. The Morgan fingerprint density at radius 2 is 2.03 bits per heavy atom. The Morgan fingerprint density at radius 1 is 1.20 bits per heavy atom. The Labute approximate surface area is 184 Å². The van der Waals surface area contributed by atoms with E-state index in [4.69, 9.17) is 16.3 Å². The van der Waals surface area contributed by atoms with Crippen molar-refractivity contribution in [1.29, 1.82) is 0 Å². The van der Waals surface area contributed by atoms with Gasteiger partial charge in [0.05, 0.1) is 21.7 Å². The van der Waals surface area contributed by atoms with Gasteiger partial charge in [0.15, 0.2) is 4.96 Å². The largest absolute Gasteiger partial charge is 0.490 e. The maximum absolute atomic E-state index is 13.1. The molecule has 4 nitrogen and oxygen atoms in total. The Hall–Kier alpha value is -2.37. The molecule has 0 radical (unpaired) electrons. The minimum absolute atomic E-state index is 0.0674. The molecule has 156 valence electrons. The van der Waals surface area contributed by atoms with Crippen LogP contribution in [0.5, 0.6) is 5.75 Å². The predicted octanol–water partition coefficient (Wildman–Crippen LogP) is 5.85. The average Bonchev–Trinajstić information content (AvgIpc) is 3.24. The zero-order valence-electron chi connectivity index (χ0n) is 17.2. The van der Waals surface area contributed by atoms with E-state index in [9.17, 15) is 4.79 Å². The lowest BCUT2D eigenvalue weighted by Gasteiger charge is -2.16. The fourth-order valence-corrected chi connectivity index (χ4v) is 4.79. The van der Waals surface area contributed by atoms with Gasteiger partial charge in [0.25, 0.3) is 5.56 Å². The number of rotatable bonds is 8. The molecule has 0 spiro atoms. The fourth-order valence-electron chi connectivity index (χ4n) is 3.63. The van der Waals surface area contributed by atoms with E-state index in [1.165, 1.54) is 30.6 Å². The summed E-state index contributed by atoms with van der Waals surface area (Å²) in [6.45, 7) is 4.30. The van der Waals surface area contributed by atoms with Crippen molar-refractivity contribution in [2.45, 2.75) is 52.1 Å². The molecule has 0 unspecified atom stereocenters. The van der Waals surface area contributed by atoms with Crippen molar-refractivity contribution < 1.29 is 4.74 Å². The number of halogens is 1. The quantitative estimate of drug-likeness (QED) is 0.323. The first kappa shape index (κ1) is 20.9. The van der Waals surface area contributed by atoms with Crippen LogP contribution in [0.1, 0.15) is 51.5 Å². The molecule has 4 aromatic rings. The number of hydrogen-bond donors (Lipinski definition) is 0. The van der Waals surface area contributed by atoms with Gasteiger partial charge in [-0.15, -0.1) is 0 Å². The molecule has 30 heavy (non-hydrogen) atoms. The molecular weight excluding hydrogens is 416 g/mol. The van der Waals surface area contributed by atoms with E-state index in [-0.39, 0.29) is 11.7 Å². The van der Waals surface area contributed by atoms with Crippen LogP contribution < -0.4 is 14.8 Å². The van der Waals surface area contributed by atoms with Gasteiger partial charge < -0.3 is 4.74 Å². The summed E-state index contributed by atoms with van der Waals surface area (Å²) in [6, 6.07) is 13.2. The number of thiazole rings is 1. The van der Waals surface area contributed by atoms with Crippen molar-refractivity contribution in [3.05, 3.63) is 67.9 Å². The molecule has 0 aliphatic heterocycles. The van der Waals surface area contributed by atoms with Crippen molar-refractivity contribution in [1.82, 2.24) is 9.38 Å². The highest BCUT2D eigenvalue weighted by atomic mass is 35.5. The number of aromatic nitrogens is 2. The second-order valence-corrected chi connectivity index (χ2v) is 9.04. The summed E-state index contributed by atoms with van der Waals surface area (Å²) in [6.07, 6.45) is 7.84. The standard InChI is InChI=1S/C24H25ClN2O2S/c1-3-4-5-6-9-16(2)29-21-13-12-18(25)14-17(21)15-22-23(28)27-20-11-8-7-10-19(20)26-24(27)30-22/h7-8,10-16H,3-6,9H2,1-2H3/b22-15-/t16-/m1/s1. The van der Waals surface area contributed by atoms with E-state index in [1.807, 2.05) is 48.5 Å². The van der Waals surface area contributed by atoms with Crippen LogP contribution in [0, 0.1) is 0 Å². The number of fused-ring (bicyclic) bond motifs is 3.